The van der Waals surface area contributed by atoms with Crippen LogP contribution in [0.4, 0.5) is 19.1 Å². The van der Waals surface area contributed by atoms with Gasteiger partial charge in [-0.2, -0.15) is 18.2 Å². The number of fused-ring (bicyclic) bond motifs is 1. The summed E-state index contributed by atoms with van der Waals surface area (Å²) in [7, 11) is 0. The molecule has 0 saturated heterocycles. The maximum Gasteiger partial charge on any atom is 0.425 e. The number of aromatic nitrogens is 2. The van der Waals surface area contributed by atoms with Gasteiger partial charge in [-0.25, -0.2) is 10.8 Å². The first-order valence-corrected chi connectivity index (χ1v) is 5.75. The Morgan fingerprint density at radius 2 is 2.17 bits per heavy atom. The predicted octanol–water partition coefficient (Wildman–Crippen LogP) is 2.31. The molecule has 0 fully saturated rings. The second kappa shape index (κ2) is 4.58. The molecule has 0 spiro atoms. The van der Waals surface area contributed by atoms with Crippen LogP contribution in [0.2, 0.25) is 0 Å². The van der Waals surface area contributed by atoms with Gasteiger partial charge in [-0.1, -0.05) is 0 Å². The van der Waals surface area contributed by atoms with Gasteiger partial charge in [0.2, 0.25) is 11.8 Å². The third-order valence-electron chi connectivity index (χ3n) is 2.17. The van der Waals surface area contributed by atoms with Crippen LogP contribution in [0, 0.1) is 0 Å². The fourth-order valence-electron chi connectivity index (χ4n) is 1.22. The Morgan fingerprint density at radius 3 is 2.78 bits per heavy atom. The second-order valence-electron chi connectivity index (χ2n) is 3.44. The highest BCUT2D eigenvalue weighted by molar-refractivity contribution is 7.16. The number of alkyl halides is 3. The van der Waals surface area contributed by atoms with Crippen LogP contribution in [0.5, 0.6) is 5.88 Å². The van der Waals surface area contributed by atoms with Gasteiger partial charge in [0.25, 0.3) is 0 Å². The lowest BCUT2D eigenvalue weighted by Crippen LogP contribution is -2.31. The number of nitrogens with one attached hydrogen (secondary N) is 1. The van der Waals surface area contributed by atoms with Crippen molar-refractivity contribution in [3.63, 3.8) is 0 Å². The number of hydrazine groups is 1. The van der Waals surface area contributed by atoms with Gasteiger partial charge in [0.05, 0.1) is 5.39 Å². The minimum absolute atomic E-state index is 0.00863. The number of ether oxygens (including phenoxy) is 1. The van der Waals surface area contributed by atoms with Crippen molar-refractivity contribution < 1.29 is 17.9 Å². The molecule has 2 rings (SSSR count). The number of rotatable bonds is 3. The van der Waals surface area contributed by atoms with Crippen molar-refractivity contribution >= 4 is 27.5 Å². The number of hydrogen-bond acceptors (Lipinski definition) is 6. The van der Waals surface area contributed by atoms with E-state index in [2.05, 4.69) is 15.4 Å². The number of nitrogens with zero attached hydrogens (tertiary/aromatic N) is 2. The summed E-state index contributed by atoms with van der Waals surface area (Å²) in [5.41, 5.74) is 2.18. The second-order valence-corrected chi connectivity index (χ2v) is 4.33. The summed E-state index contributed by atoms with van der Waals surface area (Å²) < 4.78 is 42.1. The van der Waals surface area contributed by atoms with Crippen molar-refractivity contribution in [1.82, 2.24) is 9.97 Å². The summed E-state index contributed by atoms with van der Waals surface area (Å²) in [4.78, 5) is 8.28. The monoisotopic (exact) mass is 278 g/mol. The number of anilines is 1. The predicted molar refractivity (Wildman–Crippen MR) is 61.4 cm³/mol. The molecule has 1 atom stereocenters. The Bertz CT molecular complexity index is 556. The summed E-state index contributed by atoms with van der Waals surface area (Å²) in [6.07, 6.45) is -6.41. The summed E-state index contributed by atoms with van der Waals surface area (Å²) in [5, 5.41) is 2.11. The number of hydrogen-bond donors (Lipinski definition) is 2. The molecule has 0 amide bonds. The van der Waals surface area contributed by atoms with Crippen molar-refractivity contribution in [2.24, 2.45) is 5.84 Å². The fraction of sp³-hybridized carbons (Fsp3) is 0.333. The van der Waals surface area contributed by atoms with E-state index in [1.165, 1.54) is 11.3 Å². The highest BCUT2D eigenvalue weighted by atomic mass is 32.1. The van der Waals surface area contributed by atoms with Crippen LogP contribution >= 0.6 is 11.3 Å². The molecule has 98 valence electrons. The Kier molecular flexibility index (Phi) is 3.26. The highest BCUT2D eigenvalue weighted by Crippen LogP contribution is 2.31. The van der Waals surface area contributed by atoms with E-state index in [0.717, 1.165) is 6.92 Å². The molecule has 2 aromatic rings. The topological polar surface area (TPSA) is 73.1 Å². The summed E-state index contributed by atoms with van der Waals surface area (Å²) in [5.74, 6) is 5.02. The van der Waals surface area contributed by atoms with Gasteiger partial charge >= 0.3 is 6.18 Å². The number of thiophene rings is 1. The lowest BCUT2D eigenvalue weighted by molar-refractivity contribution is -0.189. The zero-order valence-electron chi connectivity index (χ0n) is 9.15. The van der Waals surface area contributed by atoms with Crippen molar-refractivity contribution in [1.29, 1.82) is 0 Å². The standard InChI is InChI=1S/C9H9F3N4OS/c1-4(9(10,11)12)17-6-5-2-3-18-7(5)15-8(14-6)16-13/h2-4H,13H2,1H3,(H,14,15,16). The van der Waals surface area contributed by atoms with Gasteiger partial charge in [-0.15, -0.1) is 11.3 Å². The molecule has 18 heavy (non-hydrogen) atoms. The molecule has 0 saturated carbocycles. The quantitative estimate of drug-likeness (QED) is 0.665. The third-order valence-corrected chi connectivity index (χ3v) is 2.98. The Labute approximate surface area is 104 Å². The van der Waals surface area contributed by atoms with E-state index in [9.17, 15) is 13.2 Å². The Hall–Kier alpha value is -1.61. The Morgan fingerprint density at radius 1 is 1.44 bits per heavy atom. The van der Waals surface area contributed by atoms with Crippen LogP contribution in [-0.2, 0) is 0 Å². The molecule has 0 aliphatic heterocycles. The van der Waals surface area contributed by atoms with E-state index in [1.54, 1.807) is 11.4 Å². The number of nitrogens with two attached hydrogens (primary N) is 1. The summed E-state index contributed by atoms with van der Waals surface area (Å²) in [6, 6.07) is 1.60. The largest absolute Gasteiger partial charge is 0.464 e. The smallest absolute Gasteiger partial charge is 0.425 e. The normalized spacial score (nSPS) is 13.6. The molecular formula is C9H9F3N4OS. The lowest BCUT2D eigenvalue weighted by Gasteiger charge is -2.17. The first-order valence-electron chi connectivity index (χ1n) is 4.87. The molecule has 2 aromatic heterocycles. The van der Waals surface area contributed by atoms with Crippen LogP contribution < -0.4 is 16.0 Å². The van der Waals surface area contributed by atoms with Crippen molar-refractivity contribution in [2.75, 3.05) is 5.43 Å². The molecule has 2 heterocycles. The van der Waals surface area contributed by atoms with Crippen LogP contribution in [0.25, 0.3) is 10.2 Å². The molecule has 1 unspecified atom stereocenters. The van der Waals surface area contributed by atoms with Crippen LogP contribution in [0.1, 0.15) is 6.92 Å². The molecule has 0 bridgehead atoms. The van der Waals surface area contributed by atoms with Crippen LogP contribution in [-0.4, -0.2) is 22.2 Å². The SMILES string of the molecule is CC(Oc1nc(NN)nc2sccc12)C(F)(F)F. The first kappa shape index (κ1) is 12.8. The third kappa shape index (κ3) is 2.46. The first-order chi connectivity index (χ1) is 8.41. The van der Waals surface area contributed by atoms with Crippen LogP contribution in [0.3, 0.4) is 0 Å². The average Bonchev–Trinajstić information content (AvgIpc) is 2.75. The Balaban J connectivity index is 2.40. The average molecular weight is 278 g/mol. The number of halogens is 3. The molecule has 0 radical (unpaired) electrons. The van der Waals surface area contributed by atoms with E-state index in [-0.39, 0.29) is 11.8 Å². The van der Waals surface area contributed by atoms with Crippen molar-refractivity contribution in [3.05, 3.63) is 11.4 Å². The highest BCUT2D eigenvalue weighted by Gasteiger charge is 2.38. The van der Waals surface area contributed by atoms with Crippen LogP contribution in [0.15, 0.2) is 11.4 Å². The zero-order valence-corrected chi connectivity index (χ0v) is 9.97. The van der Waals surface area contributed by atoms with Gasteiger partial charge in [-0.3, -0.25) is 5.43 Å². The molecular weight excluding hydrogens is 269 g/mol. The van der Waals surface area contributed by atoms with E-state index in [0.29, 0.717) is 10.2 Å². The van der Waals surface area contributed by atoms with E-state index >= 15 is 0 Å². The molecule has 3 N–H and O–H groups in total. The van der Waals surface area contributed by atoms with Gasteiger partial charge in [0.15, 0.2) is 6.10 Å². The van der Waals surface area contributed by atoms with E-state index < -0.39 is 12.3 Å². The van der Waals surface area contributed by atoms with E-state index in [1.807, 2.05) is 0 Å². The zero-order chi connectivity index (χ0) is 13.3. The van der Waals surface area contributed by atoms with Gasteiger partial charge in [0.1, 0.15) is 4.83 Å². The molecule has 0 aliphatic carbocycles. The van der Waals surface area contributed by atoms with Gasteiger partial charge in [0, 0.05) is 0 Å². The van der Waals surface area contributed by atoms with Crippen molar-refractivity contribution in [3.8, 4) is 5.88 Å². The van der Waals surface area contributed by atoms with Crippen molar-refractivity contribution in [2.45, 2.75) is 19.2 Å². The van der Waals surface area contributed by atoms with E-state index in [4.69, 9.17) is 10.6 Å². The maximum absolute atomic E-state index is 12.4. The minimum Gasteiger partial charge on any atom is -0.464 e. The fourth-order valence-corrected chi connectivity index (χ4v) is 1.97. The van der Waals surface area contributed by atoms with Gasteiger partial charge < -0.3 is 4.74 Å². The molecule has 5 nitrogen and oxygen atoms in total. The van der Waals surface area contributed by atoms with Gasteiger partial charge in [-0.05, 0) is 18.4 Å². The maximum atomic E-state index is 12.4. The number of nitrogen functional groups attached to an aromatic ring is 1. The summed E-state index contributed by atoms with van der Waals surface area (Å²) in [6.45, 7) is 0.913. The molecule has 0 aliphatic rings. The lowest BCUT2D eigenvalue weighted by atomic mass is 10.3. The molecule has 9 heteroatoms. The molecule has 0 aromatic carbocycles. The summed E-state index contributed by atoms with van der Waals surface area (Å²) >= 11 is 1.26. The minimum atomic E-state index is -4.45.